The van der Waals surface area contributed by atoms with Crippen molar-refractivity contribution in [2.45, 2.75) is 11.8 Å². The molecule has 0 aliphatic rings. The van der Waals surface area contributed by atoms with Gasteiger partial charge in [0.25, 0.3) is 10.0 Å². The molecule has 0 atom stereocenters. The van der Waals surface area contributed by atoms with Crippen molar-refractivity contribution in [2.75, 3.05) is 10.5 Å². The van der Waals surface area contributed by atoms with Crippen LogP contribution < -0.4 is 10.5 Å². The number of nitrogen functional groups attached to an aromatic ring is 1. The number of hydrogen-bond acceptors (Lipinski definition) is 3. The van der Waals surface area contributed by atoms with E-state index < -0.39 is 26.6 Å². The first-order chi connectivity index (χ1) is 9.29. The lowest BCUT2D eigenvalue weighted by atomic mass is 10.2. The quantitative estimate of drug-likeness (QED) is 0.856. The summed E-state index contributed by atoms with van der Waals surface area (Å²) in [6.45, 7) is 1.77. The van der Waals surface area contributed by atoms with Crippen molar-refractivity contribution in [1.82, 2.24) is 0 Å². The Morgan fingerprint density at radius 1 is 1.10 bits per heavy atom. The van der Waals surface area contributed by atoms with Gasteiger partial charge in [0, 0.05) is 11.4 Å². The predicted molar refractivity (Wildman–Crippen MR) is 72.8 cm³/mol. The van der Waals surface area contributed by atoms with E-state index in [1.807, 2.05) is 0 Å². The van der Waals surface area contributed by atoms with Crippen molar-refractivity contribution >= 4 is 21.4 Å². The molecule has 0 saturated carbocycles. The Hall–Kier alpha value is -2.15. The molecular formula is C13H12F2N2O2S. The van der Waals surface area contributed by atoms with E-state index >= 15 is 0 Å². The SMILES string of the molecule is Cc1cccc(NS(=O)(=O)c2c(F)cc(N)cc2F)c1. The van der Waals surface area contributed by atoms with E-state index in [0.717, 1.165) is 17.7 Å². The van der Waals surface area contributed by atoms with Crippen molar-refractivity contribution in [3.8, 4) is 0 Å². The Bertz CT molecular complexity index is 738. The van der Waals surface area contributed by atoms with Crippen molar-refractivity contribution in [3.05, 3.63) is 53.6 Å². The van der Waals surface area contributed by atoms with E-state index in [4.69, 9.17) is 5.73 Å². The van der Waals surface area contributed by atoms with E-state index in [2.05, 4.69) is 4.72 Å². The van der Waals surface area contributed by atoms with Crippen LogP contribution in [0.1, 0.15) is 5.56 Å². The molecule has 0 bridgehead atoms. The van der Waals surface area contributed by atoms with Crippen molar-refractivity contribution in [3.63, 3.8) is 0 Å². The number of rotatable bonds is 3. The van der Waals surface area contributed by atoms with Crippen LogP contribution in [0.2, 0.25) is 0 Å². The average molecular weight is 298 g/mol. The van der Waals surface area contributed by atoms with Crippen LogP contribution in [0, 0.1) is 18.6 Å². The van der Waals surface area contributed by atoms with Gasteiger partial charge in [0.2, 0.25) is 0 Å². The molecule has 0 spiro atoms. The summed E-state index contributed by atoms with van der Waals surface area (Å²) in [5, 5.41) is 0. The van der Waals surface area contributed by atoms with Gasteiger partial charge < -0.3 is 5.73 Å². The normalized spacial score (nSPS) is 11.3. The lowest BCUT2D eigenvalue weighted by Crippen LogP contribution is -2.16. The first kappa shape index (κ1) is 14.3. The second kappa shape index (κ2) is 5.09. The molecule has 0 aliphatic heterocycles. The molecule has 0 heterocycles. The zero-order valence-corrected chi connectivity index (χ0v) is 11.3. The van der Waals surface area contributed by atoms with Crippen molar-refractivity contribution in [2.24, 2.45) is 0 Å². The molecule has 3 N–H and O–H groups in total. The maximum absolute atomic E-state index is 13.6. The van der Waals surface area contributed by atoms with Gasteiger partial charge in [0.15, 0.2) is 4.90 Å². The number of sulfonamides is 1. The number of nitrogens with two attached hydrogens (primary N) is 1. The third-order valence-corrected chi connectivity index (χ3v) is 3.99. The molecule has 0 aliphatic carbocycles. The van der Waals surface area contributed by atoms with Gasteiger partial charge in [-0.15, -0.1) is 0 Å². The molecule has 2 aromatic rings. The van der Waals surface area contributed by atoms with E-state index in [1.165, 1.54) is 6.07 Å². The van der Waals surface area contributed by atoms with Gasteiger partial charge in [-0.25, -0.2) is 17.2 Å². The van der Waals surface area contributed by atoms with Gasteiger partial charge in [0.1, 0.15) is 11.6 Å². The van der Waals surface area contributed by atoms with Crippen LogP contribution in [-0.2, 0) is 10.0 Å². The van der Waals surface area contributed by atoms with Crippen LogP contribution in [0.5, 0.6) is 0 Å². The van der Waals surface area contributed by atoms with E-state index in [9.17, 15) is 17.2 Å². The Morgan fingerprint density at radius 2 is 1.70 bits per heavy atom. The molecule has 0 aromatic heterocycles. The van der Waals surface area contributed by atoms with Crippen LogP contribution in [0.15, 0.2) is 41.3 Å². The standard InChI is InChI=1S/C13H12F2N2O2S/c1-8-3-2-4-10(5-8)17-20(18,19)13-11(14)6-9(16)7-12(13)15/h2-7,17H,16H2,1H3. The Kier molecular flexibility index (Phi) is 3.63. The largest absolute Gasteiger partial charge is 0.399 e. The van der Waals surface area contributed by atoms with Gasteiger partial charge in [-0.3, -0.25) is 4.72 Å². The molecule has 0 unspecified atom stereocenters. The van der Waals surface area contributed by atoms with Crippen LogP contribution in [-0.4, -0.2) is 8.42 Å². The summed E-state index contributed by atoms with van der Waals surface area (Å²) in [5.74, 6) is -2.47. The number of benzene rings is 2. The zero-order valence-electron chi connectivity index (χ0n) is 10.5. The van der Waals surface area contributed by atoms with E-state index in [-0.39, 0.29) is 11.4 Å². The summed E-state index contributed by atoms with van der Waals surface area (Å²) >= 11 is 0. The highest BCUT2D eigenvalue weighted by atomic mass is 32.2. The minimum Gasteiger partial charge on any atom is -0.399 e. The Labute approximate surface area is 115 Å². The summed E-state index contributed by atoms with van der Waals surface area (Å²) in [5.41, 5.74) is 6.09. The van der Waals surface area contributed by atoms with E-state index in [0.29, 0.717) is 0 Å². The third-order valence-electron chi connectivity index (χ3n) is 2.56. The van der Waals surface area contributed by atoms with Crippen molar-refractivity contribution in [1.29, 1.82) is 0 Å². The zero-order chi connectivity index (χ0) is 14.9. The predicted octanol–water partition coefficient (Wildman–Crippen LogP) is 2.66. The average Bonchev–Trinajstić information content (AvgIpc) is 2.25. The molecule has 0 radical (unpaired) electrons. The molecule has 0 fully saturated rings. The first-order valence-electron chi connectivity index (χ1n) is 5.63. The van der Waals surface area contributed by atoms with E-state index in [1.54, 1.807) is 25.1 Å². The monoisotopic (exact) mass is 298 g/mol. The smallest absolute Gasteiger partial charge is 0.267 e. The van der Waals surface area contributed by atoms with Gasteiger partial charge in [0.05, 0.1) is 0 Å². The topological polar surface area (TPSA) is 72.2 Å². The second-order valence-corrected chi connectivity index (χ2v) is 5.91. The molecule has 20 heavy (non-hydrogen) atoms. The van der Waals surface area contributed by atoms with Crippen LogP contribution in [0.3, 0.4) is 0 Å². The summed E-state index contributed by atoms with van der Waals surface area (Å²) in [6, 6.07) is 7.94. The Morgan fingerprint density at radius 3 is 2.25 bits per heavy atom. The molecule has 0 saturated heterocycles. The molecule has 2 rings (SSSR count). The second-order valence-electron chi connectivity index (χ2n) is 4.29. The van der Waals surface area contributed by atoms with Crippen LogP contribution in [0.4, 0.5) is 20.2 Å². The Balaban J connectivity index is 2.46. The number of nitrogens with one attached hydrogen (secondary N) is 1. The van der Waals surface area contributed by atoms with Gasteiger partial charge in [-0.05, 0) is 36.8 Å². The van der Waals surface area contributed by atoms with Crippen LogP contribution >= 0.6 is 0 Å². The highest BCUT2D eigenvalue weighted by Gasteiger charge is 2.24. The van der Waals surface area contributed by atoms with Gasteiger partial charge in [-0.2, -0.15) is 0 Å². The summed E-state index contributed by atoms with van der Waals surface area (Å²) in [6.07, 6.45) is 0. The summed E-state index contributed by atoms with van der Waals surface area (Å²) < 4.78 is 53.5. The summed E-state index contributed by atoms with van der Waals surface area (Å²) in [4.78, 5) is -1.05. The molecule has 2 aromatic carbocycles. The molecular weight excluding hydrogens is 286 g/mol. The maximum atomic E-state index is 13.6. The molecule has 4 nitrogen and oxygen atoms in total. The number of hydrogen-bond donors (Lipinski definition) is 2. The number of aryl methyl sites for hydroxylation is 1. The van der Waals surface area contributed by atoms with Crippen LogP contribution in [0.25, 0.3) is 0 Å². The van der Waals surface area contributed by atoms with Crippen molar-refractivity contribution < 1.29 is 17.2 Å². The van der Waals surface area contributed by atoms with Gasteiger partial charge in [-0.1, -0.05) is 12.1 Å². The molecule has 106 valence electrons. The minimum absolute atomic E-state index is 0.186. The maximum Gasteiger partial charge on any atom is 0.267 e. The number of anilines is 2. The first-order valence-corrected chi connectivity index (χ1v) is 7.12. The minimum atomic E-state index is -4.36. The fourth-order valence-electron chi connectivity index (χ4n) is 1.75. The summed E-state index contributed by atoms with van der Waals surface area (Å²) in [7, 11) is -4.36. The molecule has 0 amide bonds. The fourth-order valence-corrected chi connectivity index (χ4v) is 2.92. The fraction of sp³-hybridized carbons (Fsp3) is 0.0769. The highest BCUT2D eigenvalue weighted by molar-refractivity contribution is 7.92. The highest BCUT2D eigenvalue weighted by Crippen LogP contribution is 2.24. The lowest BCUT2D eigenvalue weighted by molar-refractivity contribution is 0.522. The molecule has 7 heteroatoms. The third kappa shape index (κ3) is 2.88. The lowest BCUT2D eigenvalue weighted by Gasteiger charge is -2.10. The number of halogens is 2. The van der Waals surface area contributed by atoms with Gasteiger partial charge >= 0.3 is 0 Å².